The summed E-state index contributed by atoms with van der Waals surface area (Å²) in [6.45, 7) is 4.66. The van der Waals surface area contributed by atoms with Crippen LogP contribution in [0.3, 0.4) is 0 Å². The molecule has 0 unspecified atom stereocenters. The van der Waals surface area contributed by atoms with Crippen molar-refractivity contribution in [3.63, 3.8) is 0 Å². The van der Waals surface area contributed by atoms with E-state index in [1.54, 1.807) is 18.4 Å². The summed E-state index contributed by atoms with van der Waals surface area (Å²) in [7, 11) is 1.72. The molecule has 0 amide bonds. The van der Waals surface area contributed by atoms with Gasteiger partial charge in [0.15, 0.2) is 0 Å². The zero-order valence-corrected chi connectivity index (χ0v) is 11.9. The zero-order valence-electron chi connectivity index (χ0n) is 8.88. The SMILES string of the molecule is COCCNCCNCc1csc(I)c1. The lowest BCUT2D eigenvalue weighted by Crippen LogP contribution is -2.29. The van der Waals surface area contributed by atoms with Crippen molar-refractivity contribution in [3.05, 3.63) is 19.9 Å². The van der Waals surface area contributed by atoms with Crippen LogP contribution >= 0.6 is 33.9 Å². The Labute approximate surface area is 109 Å². The molecule has 1 heterocycles. The van der Waals surface area contributed by atoms with Crippen LogP contribution in [0.5, 0.6) is 0 Å². The molecule has 1 rings (SSSR count). The lowest BCUT2D eigenvalue weighted by molar-refractivity contribution is 0.199. The Hall–Kier alpha value is 0.310. The Morgan fingerprint density at radius 2 is 2.13 bits per heavy atom. The molecule has 1 aromatic heterocycles. The first-order valence-electron chi connectivity index (χ1n) is 4.96. The maximum Gasteiger partial charge on any atom is 0.0656 e. The summed E-state index contributed by atoms with van der Waals surface area (Å²) in [6, 6.07) is 2.22. The zero-order chi connectivity index (χ0) is 10.9. The molecule has 0 fully saturated rings. The molecule has 2 N–H and O–H groups in total. The molecule has 5 heteroatoms. The summed E-state index contributed by atoms with van der Waals surface area (Å²) in [6.07, 6.45) is 0. The third-order valence-corrected chi connectivity index (χ3v) is 3.75. The molecule has 3 nitrogen and oxygen atoms in total. The Morgan fingerprint density at radius 1 is 1.33 bits per heavy atom. The second-order valence-electron chi connectivity index (χ2n) is 3.18. The molecule has 0 atom stereocenters. The molecule has 0 aromatic carbocycles. The van der Waals surface area contributed by atoms with Crippen LogP contribution in [0.4, 0.5) is 0 Å². The third kappa shape index (κ3) is 6.47. The fourth-order valence-electron chi connectivity index (χ4n) is 1.15. The van der Waals surface area contributed by atoms with E-state index in [0.717, 1.165) is 32.8 Å². The van der Waals surface area contributed by atoms with Crippen molar-refractivity contribution in [2.24, 2.45) is 0 Å². The van der Waals surface area contributed by atoms with Gasteiger partial charge < -0.3 is 15.4 Å². The molecule has 0 aliphatic heterocycles. The summed E-state index contributed by atoms with van der Waals surface area (Å²) < 4.78 is 6.29. The molecule has 15 heavy (non-hydrogen) atoms. The molecule has 0 aliphatic carbocycles. The number of ether oxygens (including phenoxy) is 1. The molecule has 1 aromatic rings. The average molecular weight is 340 g/mol. The molecular weight excluding hydrogens is 323 g/mol. The third-order valence-electron chi connectivity index (χ3n) is 1.91. The number of hydrogen-bond donors (Lipinski definition) is 2. The van der Waals surface area contributed by atoms with E-state index >= 15 is 0 Å². The van der Waals surface area contributed by atoms with Crippen molar-refractivity contribution in [1.82, 2.24) is 10.6 Å². The molecule has 0 saturated heterocycles. The fourth-order valence-corrected chi connectivity index (χ4v) is 2.56. The summed E-state index contributed by atoms with van der Waals surface area (Å²) in [5, 5.41) is 8.88. The van der Waals surface area contributed by atoms with Crippen molar-refractivity contribution in [2.75, 3.05) is 33.4 Å². The number of thiophene rings is 1. The second-order valence-corrected chi connectivity index (χ2v) is 5.98. The Bertz CT molecular complexity index is 268. The monoisotopic (exact) mass is 340 g/mol. The van der Waals surface area contributed by atoms with E-state index in [9.17, 15) is 0 Å². The molecule has 0 saturated carbocycles. The Kier molecular flexibility index (Phi) is 7.54. The van der Waals surface area contributed by atoms with Gasteiger partial charge in [0.25, 0.3) is 0 Å². The Morgan fingerprint density at radius 3 is 2.80 bits per heavy atom. The molecular formula is C10H17IN2OS. The predicted molar refractivity (Wildman–Crippen MR) is 73.5 cm³/mol. The van der Waals surface area contributed by atoms with Gasteiger partial charge in [0.05, 0.1) is 9.49 Å². The van der Waals surface area contributed by atoms with Gasteiger partial charge in [-0.15, -0.1) is 11.3 Å². The molecule has 0 spiro atoms. The van der Waals surface area contributed by atoms with Gasteiger partial charge in [0, 0.05) is 33.3 Å². The largest absolute Gasteiger partial charge is 0.383 e. The lowest BCUT2D eigenvalue weighted by atomic mass is 10.3. The van der Waals surface area contributed by atoms with Crippen molar-refractivity contribution in [1.29, 1.82) is 0 Å². The van der Waals surface area contributed by atoms with Gasteiger partial charge in [-0.25, -0.2) is 0 Å². The summed E-state index contributed by atoms with van der Waals surface area (Å²) >= 11 is 4.14. The molecule has 0 radical (unpaired) electrons. The second kappa shape index (κ2) is 8.46. The van der Waals surface area contributed by atoms with E-state index < -0.39 is 0 Å². The molecule has 0 aliphatic rings. The number of methoxy groups -OCH3 is 1. The van der Waals surface area contributed by atoms with Gasteiger partial charge in [-0.3, -0.25) is 0 Å². The standard InChI is InChI=1S/C10H17IN2OS/c1-14-5-4-12-2-3-13-7-9-6-10(11)15-8-9/h6,8,12-13H,2-5,7H2,1H3. The van der Waals surface area contributed by atoms with Gasteiger partial charge >= 0.3 is 0 Å². The number of hydrogen-bond acceptors (Lipinski definition) is 4. The first kappa shape index (κ1) is 13.4. The number of halogens is 1. The minimum absolute atomic E-state index is 0.780. The maximum atomic E-state index is 4.94. The van der Waals surface area contributed by atoms with Crippen molar-refractivity contribution in [3.8, 4) is 0 Å². The quantitative estimate of drug-likeness (QED) is 0.558. The highest BCUT2D eigenvalue weighted by atomic mass is 127. The highest BCUT2D eigenvalue weighted by molar-refractivity contribution is 14.1. The number of rotatable bonds is 8. The van der Waals surface area contributed by atoms with Crippen LogP contribution in [0, 0.1) is 2.88 Å². The van der Waals surface area contributed by atoms with Crippen LogP contribution in [0.2, 0.25) is 0 Å². The first-order chi connectivity index (χ1) is 7.33. The minimum atomic E-state index is 0.780. The van der Waals surface area contributed by atoms with E-state index in [-0.39, 0.29) is 0 Å². The van der Waals surface area contributed by atoms with E-state index in [2.05, 4.69) is 44.7 Å². The average Bonchev–Trinajstić information content (AvgIpc) is 2.63. The molecule has 86 valence electrons. The van der Waals surface area contributed by atoms with Crippen molar-refractivity contribution < 1.29 is 4.74 Å². The van der Waals surface area contributed by atoms with E-state index in [1.165, 1.54) is 8.45 Å². The van der Waals surface area contributed by atoms with Crippen LogP contribution in [-0.4, -0.2) is 33.4 Å². The predicted octanol–water partition coefficient (Wildman–Crippen LogP) is 1.68. The van der Waals surface area contributed by atoms with Gasteiger partial charge in [-0.2, -0.15) is 0 Å². The van der Waals surface area contributed by atoms with Crippen LogP contribution in [0.1, 0.15) is 5.56 Å². The van der Waals surface area contributed by atoms with Crippen LogP contribution < -0.4 is 10.6 Å². The van der Waals surface area contributed by atoms with E-state index in [1.807, 2.05) is 0 Å². The summed E-state index contributed by atoms with van der Waals surface area (Å²) in [4.78, 5) is 0. The highest BCUT2D eigenvalue weighted by Gasteiger charge is 1.95. The van der Waals surface area contributed by atoms with E-state index in [4.69, 9.17) is 4.74 Å². The van der Waals surface area contributed by atoms with Crippen molar-refractivity contribution in [2.45, 2.75) is 6.54 Å². The normalized spacial score (nSPS) is 10.8. The van der Waals surface area contributed by atoms with Gasteiger partial charge in [0.2, 0.25) is 0 Å². The fraction of sp³-hybridized carbons (Fsp3) is 0.600. The number of nitrogens with one attached hydrogen (secondary N) is 2. The maximum absolute atomic E-state index is 4.94. The minimum Gasteiger partial charge on any atom is -0.383 e. The first-order valence-corrected chi connectivity index (χ1v) is 6.92. The van der Waals surface area contributed by atoms with Crippen molar-refractivity contribution >= 4 is 33.9 Å². The molecule has 0 bridgehead atoms. The van der Waals surface area contributed by atoms with Crippen LogP contribution in [0.25, 0.3) is 0 Å². The van der Waals surface area contributed by atoms with Crippen LogP contribution in [0.15, 0.2) is 11.4 Å². The van der Waals surface area contributed by atoms with E-state index in [0.29, 0.717) is 0 Å². The highest BCUT2D eigenvalue weighted by Crippen LogP contribution is 2.15. The Balaban J connectivity index is 1.93. The van der Waals surface area contributed by atoms with Gasteiger partial charge in [-0.05, 0) is 39.6 Å². The van der Waals surface area contributed by atoms with Crippen LogP contribution in [-0.2, 0) is 11.3 Å². The summed E-state index contributed by atoms with van der Waals surface area (Å²) in [5.74, 6) is 0. The van der Waals surface area contributed by atoms with Gasteiger partial charge in [-0.1, -0.05) is 0 Å². The lowest BCUT2D eigenvalue weighted by Gasteiger charge is -2.04. The topological polar surface area (TPSA) is 33.3 Å². The van der Waals surface area contributed by atoms with Gasteiger partial charge in [0.1, 0.15) is 0 Å². The summed E-state index contributed by atoms with van der Waals surface area (Å²) in [5.41, 5.74) is 1.38. The smallest absolute Gasteiger partial charge is 0.0656 e.